The van der Waals surface area contributed by atoms with Gasteiger partial charge in [0, 0.05) is 48.9 Å². The number of aromatic amines is 1. The predicted molar refractivity (Wildman–Crippen MR) is 206 cm³/mol. The molecule has 2 aromatic heterocycles. The minimum absolute atomic E-state index is 0.0128. The summed E-state index contributed by atoms with van der Waals surface area (Å²) in [6, 6.07) is 37.7. The molecule has 11 nitrogen and oxygen atoms in total. The molecule has 8 rings (SSSR count). The maximum Gasteiger partial charge on any atom is 0.326 e. The molecule has 0 spiro atoms. The molecular weight excluding hydrogens is 687 g/mol. The first-order valence-corrected chi connectivity index (χ1v) is 19.0. The Labute approximate surface area is 306 Å². The van der Waals surface area contributed by atoms with Gasteiger partial charge in [0.2, 0.25) is 10.0 Å². The Hall–Kier alpha value is -5.95. The summed E-state index contributed by atoms with van der Waals surface area (Å²) in [5.41, 5.74) is 8.72. The van der Waals surface area contributed by atoms with Gasteiger partial charge in [-0.2, -0.15) is 0 Å². The van der Waals surface area contributed by atoms with Crippen LogP contribution >= 0.6 is 0 Å². The summed E-state index contributed by atoms with van der Waals surface area (Å²) in [6.45, 7) is 2.81. The summed E-state index contributed by atoms with van der Waals surface area (Å²) in [5, 5.41) is 8.09. The summed E-state index contributed by atoms with van der Waals surface area (Å²) >= 11 is 0. The number of fused-ring (bicyclic) bond motifs is 2. The third-order valence-corrected chi connectivity index (χ3v) is 10.8. The molecule has 1 aliphatic heterocycles. The van der Waals surface area contributed by atoms with E-state index in [1.165, 1.54) is 17.7 Å². The van der Waals surface area contributed by atoms with Crippen LogP contribution in [0.1, 0.15) is 40.4 Å². The zero-order valence-corrected chi connectivity index (χ0v) is 29.6. The molecule has 12 heteroatoms. The van der Waals surface area contributed by atoms with Gasteiger partial charge in [-0.05, 0) is 66.4 Å². The number of hydrogen-bond acceptors (Lipinski definition) is 7. The van der Waals surface area contributed by atoms with E-state index >= 15 is 0 Å². The number of nitrogens with zero attached hydrogens (tertiary/aromatic N) is 4. The van der Waals surface area contributed by atoms with Crippen molar-refractivity contribution in [1.29, 1.82) is 0 Å². The fourth-order valence-corrected chi connectivity index (χ4v) is 7.59. The van der Waals surface area contributed by atoms with Gasteiger partial charge in [0.05, 0.1) is 38.4 Å². The number of carbonyl (C=O) groups excluding carboxylic acids is 1. The molecule has 3 heterocycles. The Bertz CT molecular complexity index is 2610. The number of likely N-dealkylation sites (tertiary alicyclic amines) is 1. The molecular formula is C41H37N7O4S. The average molecular weight is 724 g/mol. The van der Waals surface area contributed by atoms with Crippen molar-refractivity contribution in [3.63, 3.8) is 0 Å². The predicted octanol–water partition coefficient (Wildman–Crippen LogP) is 6.02. The van der Waals surface area contributed by atoms with Crippen LogP contribution in [-0.2, 0) is 23.1 Å². The number of sulfonamides is 1. The molecule has 0 unspecified atom stereocenters. The van der Waals surface area contributed by atoms with Crippen LogP contribution in [0, 0.1) is 0 Å². The fraction of sp³-hybridized carbons (Fsp3) is 0.171. The van der Waals surface area contributed by atoms with Gasteiger partial charge in [0.25, 0.3) is 5.91 Å². The van der Waals surface area contributed by atoms with Gasteiger partial charge in [0.1, 0.15) is 0 Å². The first kappa shape index (κ1) is 34.2. The first-order chi connectivity index (χ1) is 25.7. The van der Waals surface area contributed by atoms with E-state index in [0.29, 0.717) is 22.3 Å². The van der Waals surface area contributed by atoms with Gasteiger partial charge in [-0.3, -0.25) is 14.3 Å². The highest BCUT2D eigenvalue weighted by Gasteiger charge is 2.24. The highest BCUT2D eigenvalue weighted by molar-refractivity contribution is 7.89. The fourth-order valence-electron chi connectivity index (χ4n) is 7.07. The monoisotopic (exact) mass is 723 g/mol. The van der Waals surface area contributed by atoms with E-state index in [1.807, 2.05) is 59.2 Å². The number of primary sulfonamides is 1. The molecule has 1 aliphatic rings. The number of imidazole rings is 1. The molecule has 266 valence electrons. The van der Waals surface area contributed by atoms with Gasteiger partial charge < -0.3 is 10.3 Å². The first-order valence-electron chi connectivity index (χ1n) is 17.5. The lowest BCUT2D eigenvalue weighted by atomic mass is 10.0. The van der Waals surface area contributed by atoms with Crippen molar-refractivity contribution < 1.29 is 13.2 Å². The van der Waals surface area contributed by atoms with Gasteiger partial charge >= 0.3 is 5.69 Å². The molecule has 0 atom stereocenters. The number of nitrogens with two attached hydrogens (primary N) is 1. The Kier molecular flexibility index (Phi) is 9.17. The normalized spacial score (nSPS) is 14.1. The van der Waals surface area contributed by atoms with Gasteiger partial charge in [0.15, 0.2) is 0 Å². The van der Waals surface area contributed by atoms with Crippen LogP contribution in [0.3, 0.4) is 0 Å². The van der Waals surface area contributed by atoms with Gasteiger partial charge in [-0.1, -0.05) is 78.9 Å². The number of rotatable bonds is 9. The summed E-state index contributed by atoms with van der Waals surface area (Å²) in [7, 11) is -3.79. The zero-order valence-electron chi connectivity index (χ0n) is 28.8. The standard InChI is InChI=1S/C41H37N7O4S/c42-53(51,52)33-17-12-27(13-18-33)25-43-40(49)31-16-19-34-36(24-31)45-39(38(44-34)29-6-2-1-3-7-29)30-14-10-28(11-15-30)26-47-22-20-32(21-23-47)48-37-9-5-4-8-35(37)46-41(48)50/h1-19,24,32H,20-23,25-26H2,(H,43,49)(H,46,50)(H2,42,51,52). The largest absolute Gasteiger partial charge is 0.348 e. The second kappa shape index (κ2) is 14.2. The third-order valence-electron chi connectivity index (χ3n) is 9.86. The molecule has 0 saturated carbocycles. The van der Waals surface area contributed by atoms with E-state index in [1.54, 1.807) is 30.3 Å². The SMILES string of the molecule is NS(=O)(=O)c1ccc(CNC(=O)c2ccc3nc(-c4ccccc4)c(-c4ccc(CN5CCC(n6c(=O)[nH]c7ccccc76)CC5)cc4)nc3c2)cc1. The number of para-hydroxylation sites is 2. The molecule has 4 N–H and O–H groups in total. The minimum atomic E-state index is -3.79. The maximum atomic E-state index is 13.2. The lowest BCUT2D eigenvalue weighted by Gasteiger charge is -2.32. The van der Waals surface area contributed by atoms with Crippen LogP contribution in [0.2, 0.25) is 0 Å². The number of benzene rings is 5. The quantitative estimate of drug-likeness (QED) is 0.165. The van der Waals surface area contributed by atoms with E-state index in [2.05, 4.69) is 39.5 Å². The van der Waals surface area contributed by atoms with E-state index in [9.17, 15) is 18.0 Å². The van der Waals surface area contributed by atoms with Crippen LogP contribution in [-0.4, -0.2) is 51.8 Å². The smallest absolute Gasteiger partial charge is 0.326 e. The molecule has 1 saturated heterocycles. The van der Waals surface area contributed by atoms with Crippen molar-refractivity contribution in [3.05, 3.63) is 149 Å². The second-order valence-electron chi connectivity index (χ2n) is 13.4. The average Bonchev–Trinajstić information content (AvgIpc) is 3.52. The molecule has 53 heavy (non-hydrogen) atoms. The van der Waals surface area contributed by atoms with Crippen LogP contribution in [0.4, 0.5) is 0 Å². The number of aromatic nitrogens is 4. The van der Waals surface area contributed by atoms with E-state index in [0.717, 1.165) is 65.9 Å². The highest BCUT2D eigenvalue weighted by atomic mass is 32.2. The summed E-state index contributed by atoms with van der Waals surface area (Å²) in [5.74, 6) is -0.292. The van der Waals surface area contributed by atoms with E-state index < -0.39 is 10.0 Å². The second-order valence-corrected chi connectivity index (χ2v) is 14.9. The summed E-state index contributed by atoms with van der Waals surface area (Å²) < 4.78 is 25.1. The van der Waals surface area contributed by atoms with Crippen molar-refractivity contribution in [2.24, 2.45) is 5.14 Å². The molecule has 7 aromatic rings. The summed E-state index contributed by atoms with van der Waals surface area (Å²) in [6.07, 6.45) is 1.81. The molecule has 0 radical (unpaired) electrons. The third kappa shape index (κ3) is 7.25. The van der Waals surface area contributed by atoms with Crippen LogP contribution < -0.4 is 16.1 Å². The van der Waals surface area contributed by atoms with Crippen molar-refractivity contribution >= 4 is 38.0 Å². The van der Waals surface area contributed by atoms with Crippen LogP contribution in [0.5, 0.6) is 0 Å². The molecule has 1 amide bonds. The van der Waals surface area contributed by atoms with E-state index in [4.69, 9.17) is 15.1 Å². The maximum absolute atomic E-state index is 13.2. The van der Waals surface area contributed by atoms with E-state index in [-0.39, 0.29) is 29.1 Å². The van der Waals surface area contributed by atoms with Crippen LogP contribution in [0.25, 0.3) is 44.6 Å². The van der Waals surface area contributed by atoms with Crippen molar-refractivity contribution in [1.82, 2.24) is 29.7 Å². The molecule has 1 fully saturated rings. The Morgan fingerprint density at radius 2 is 1.42 bits per heavy atom. The number of hydrogen-bond donors (Lipinski definition) is 3. The number of nitrogens with one attached hydrogen (secondary N) is 2. The Morgan fingerprint density at radius 1 is 0.774 bits per heavy atom. The Balaban J connectivity index is 0.997. The lowest BCUT2D eigenvalue weighted by Crippen LogP contribution is -2.36. The molecule has 0 aliphatic carbocycles. The number of H-pyrrole nitrogens is 1. The van der Waals surface area contributed by atoms with Gasteiger partial charge in [-0.15, -0.1) is 0 Å². The van der Waals surface area contributed by atoms with Crippen LogP contribution in [0.15, 0.2) is 131 Å². The van der Waals surface area contributed by atoms with Gasteiger partial charge in [-0.25, -0.2) is 28.3 Å². The highest BCUT2D eigenvalue weighted by Crippen LogP contribution is 2.32. The topological polar surface area (TPSA) is 156 Å². The number of amides is 1. The Morgan fingerprint density at radius 3 is 2.13 bits per heavy atom. The van der Waals surface area contributed by atoms with Crippen molar-refractivity contribution in [3.8, 4) is 22.5 Å². The molecule has 0 bridgehead atoms. The minimum Gasteiger partial charge on any atom is -0.348 e. The molecule has 5 aromatic carbocycles. The number of piperidine rings is 1. The zero-order chi connectivity index (χ0) is 36.5. The van der Waals surface area contributed by atoms with Crippen molar-refractivity contribution in [2.45, 2.75) is 36.9 Å². The van der Waals surface area contributed by atoms with Crippen molar-refractivity contribution in [2.75, 3.05) is 13.1 Å². The lowest BCUT2D eigenvalue weighted by molar-refractivity contribution is 0.0951. The number of carbonyl (C=O) groups is 1. The summed E-state index contributed by atoms with van der Waals surface area (Å²) in [4.78, 5) is 41.5.